The lowest BCUT2D eigenvalue weighted by Gasteiger charge is -2.18. The van der Waals surface area contributed by atoms with Crippen LogP contribution in [0.15, 0.2) is 36.4 Å². The van der Waals surface area contributed by atoms with E-state index in [4.69, 9.17) is 14.2 Å². The van der Waals surface area contributed by atoms with Crippen molar-refractivity contribution in [2.45, 2.75) is 33.4 Å². The highest BCUT2D eigenvalue weighted by atomic mass is 19.3. The third-order valence-electron chi connectivity index (χ3n) is 4.06. The molecule has 1 unspecified atom stereocenters. The Morgan fingerprint density at radius 2 is 1.62 bits per heavy atom. The molecule has 6 nitrogen and oxygen atoms in total. The molecule has 0 aliphatic carbocycles. The molecule has 0 aliphatic heterocycles. The highest BCUT2D eigenvalue weighted by molar-refractivity contribution is 5.95. The standard InChI is InChI=1S/C21H25F2NO5/c1-5-27-17-10-7-14(11-18(17)28-6-2)13(3)24-20(25)15-8-9-16(26-4)19(12-15)29-21(22)23/h7-13,21H,5-6H2,1-4H3,(H,24,25). The molecule has 0 aromatic heterocycles. The van der Waals surface area contributed by atoms with E-state index in [1.165, 1.54) is 25.3 Å². The zero-order valence-corrected chi connectivity index (χ0v) is 16.8. The SMILES string of the molecule is CCOc1ccc(C(C)NC(=O)c2ccc(OC)c(OC(F)F)c2)cc1OCC. The number of rotatable bonds is 10. The third kappa shape index (κ3) is 5.97. The van der Waals surface area contributed by atoms with Gasteiger partial charge >= 0.3 is 6.61 Å². The molecule has 0 heterocycles. The normalized spacial score (nSPS) is 11.7. The van der Waals surface area contributed by atoms with Crippen LogP contribution in [0.1, 0.15) is 42.7 Å². The fourth-order valence-corrected chi connectivity index (χ4v) is 2.71. The lowest BCUT2D eigenvalue weighted by molar-refractivity contribution is -0.0512. The first kappa shape index (κ1) is 22.3. The highest BCUT2D eigenvalue weighted by Crippen LogP contribution is 2.32. The summed E-state index contributed by atoms with van der Waals surface area (Å²) in [5, 5.41) is 2.83. The Kier molecular flexibility index (Phi) is 8.06. The predicted molar refractivity (Wildman–Crippen MR) is 104 cm³/mol. The zero-order valence-electron chi connectivity index (χ0n) is 16.8. The monoisotopic (exact) mass is 409 g/mol. The summed E-state index contributed by atoms with van der Waals surface area (Å²) in [6, 6.07) is 9.16. The Bertz CT molecular complexity index is 829. The summed E-state index contributed by atoms with van der Waals surface area (Å²) >= 11 is 0. The van der Waals surface area contributed by atoms with Crippen LogP contribution in [0.2, 0.25) is 0 Å². The molecule has 1 atom stereocenters. The maximum Gasteiger partial charge on any atom is 0.387 e. The van der Waals surface area contributed by atoms with E-state index in [0.29, 0.717) is 24.7 Å². The van der Waals surface area contributed by atoms with Crippen molar-refractivity contribution >= 4 is 5.91 Å². The van der Waals surface area contributed by atoms with E-state index in [2.05, 4.69) is 10.1 Å². The minimum absolute atomic E-state index is 0.114. The van der Waals surface area contributed by atoms with E-state index in [9.17, 15) is 13.6 Å². The molecule has 0 saturated carbocycles. The first-order valence-electron chi connectivity index (χ1n) is 9.22. The van der Waals surface area contributed by atoms with Gasteiger partial charge in [-0.3, -0.25) is 4.79 Å². The maximum atomic E-state index is 12.6. The van der Waals surface area contributed by atoms with Crippen LogP contribution in [0.3, 0.4) is 0 Å². The summed E-state index contributed by atoms with van der Waals surface area (Å²) in [6.45, 7) is 3.52. The largest absolute Gasteiger partial charge is 0.493 e. The Balaban J connectivity index is 2.19. The van der Waals surface area contributed by atoms with Gasteiger partial charge in [-0.15, -0.1) is 0 Å². The van der Waals surface area contributed by atoms with Gasteiger partial charge in [0.1, 0.15) is 0 Å². The number of carbonyl (C=O) groups excluding carboxylic acids is 1. The number of nitrogens with one attached hydrogen (secondary N) is 1. The molecule has 0 spiro atoms. The van der Waals surface area contributed by atoms with E-state index in [0.717, 1.165) is 5.56 Å². The first-order chi connectivity index (χ1) is 13.9. The first-order valence-corrected chi connectivity index (χ1v) is 9.22. The van der Waals surface area contributed by atoms with Gasteiger partial charge in [-0.25, -0.2) is 0 Å². The van der Waals surface area contributed by atoms with Gasteiger partial charge in [0.25, 0.3) is 5.91 Å². The molecule has 1 N–H and O–H groups in total. The second kappa shape index (κ2) is 10.5. The van der Waals surface area contributed by atoms with E-state index in [-0.39, 0.29) is 23.1 Å². The molecular weight excluding hydrogens is 384 g/mol. The lowest BCUT2D eigenvalue weighted by atomic mass is 10.1. The van der Waals surface area contributed by atoms with Crippen molar-refractivity contribution in [2.75, 3.05) is 20.3 Å². The molecule has 0 radical (unpaired) electrons. The van der Waals surface area contributed by atoms with Crippen molar-refractivity contribution in [1.82, 2.24) is 5.32 Å². The number of ether oxygens (including phenoxy) is 4. The van der Waals surface area contributed by atoms with Crippen molar-refractivity contribution in [3.05, 3.63) is 47.5 Å². The molecule has 1 amide bonds. The zero-order chi connectivity index (χ0) is 21.4. The average molecular weight is 409 g/mol. The number of alkyl halides is 2. The number of halogens is 2. The van der Waals surface area contributed by atoms with Gasteiger partial charge in [0.2, 0.25) is 0 Å². The van der Waals surface area contributed by atoms with Crippen LogP contribution in [0, 0.1) is 0 Å². The molecule has 8 heteroatoms. The van der Waals surface area contributed by atoms with E-state index in [1.54, 1.807) is 12.1 Å². The number of benzene rings is 2. The van der Waals surface area contributed by atoms with Gasteiger partial charge in [0.05, 0.1) is 26.4 Å². The van der Waals surface area contributed by atoms with Crippen LogP contribution in [0.25, 0.3) is 0 Å². The van der Waals surface area contributed by atoms with Crippen molar-refractivity contribution in [3.63, 3.8) is 0 Å². The minimum atomic E-state index is -3.03. The summed E-state index contributed by atoms with van der Waals surface area (Å²) in [5.41, 5.74) is 0.979. The summed E-state index contributed by atoms with van der Waals surface area (Å²) < 4.78 is 45.7. The van der Waals surface area contributed by atoms with Gasteiger partial charge in [-0.1, -0.05) is 6.07 Å². The molecule has 0 bridgehead atoms. The van der Waals surface area contributed by atoms with Crippen LogP contribution in [0.4, 0.5) is 8.78 Å². The highest BCUT2D eigenvalue weighted by Gasteiger charge is 2.17. The van der Waals surface area contributed by atoms with Crippen LogP contribution in [-0.4, -0.2) is 32.8 Å². The summed E-state index contributed by atoms with van der Waals surface area (Å²) in [6.07, 6.45) is 0. The van der Waals surface area contributed by atoms with Gasteiger partial charge in [-0.2, -0.15) is 8.78 Å². The van der Waals surface area contributed by atoms with Crippen molar-refractivity contribution in [2.24, 2.45) is 0 Å². The number of hydrogen-bond donors (Lipinski definition) is 1. The number of carbonyl (C=O) groups is 1. The number of methoxy groups -OCH3 is 1. The molecule has 2 rings (SSSR count). The minimum Gasteiger partial charge on any atom is -0.493 e. The smallest absolute Gasteiger partial charge is 0.387 e. The fourth-order valence-electron chi connectivity index (χ4n) is 2.71. The molecule has 2 aromatic carbocycles. The van der Waals surface area contributed by atoms with Gasteiger partial charge in [0, 0.05) is 5.56 Å². The molecule has 0 aliphatic rings. The molecule has 0 saturated heterocycles. The topological polar surface area (TPSA) is 66.0 Å². The van der Waals surface area contributed by atoms with Crippen LogP contribution in [-0.2, 0) is 0 Å². The van der Waals surface area contributed by atoms with Crippen molar-refractivity contribution < 1.29 is 32.5 Å². The van der Waals surface area contributed by atoms with Crippen LogP contribution < -0.4 is 24.3 Å². The number of amides is 1. The van der Waals surface area contributed by atoms with E-state index >= 15 is 0 Å². The van der Waals surface area contributed by atoms with Crippen LogP contribution >= 0.6 is 0 Å². The molecule has 158 valence electrons. The Morgan fingerprint density at radius 1 is 0.966 bits per heavy atom. The van der Waals surface area contributed by atoms with Gasteiger partial charge < -0.3 is 24.3 Å². The number of hydrogen-bond acceptors (Lipinski definition) is 5. The van der Waals surface area contributed by atoms with E-state index < -0.39 is 12.5 Å². The average Bonchev–Trinajstić information content (AvgIpc) is 2.69. The van der Waals surface area contributed by atoms with Gasteiger partial charge in [0.15, 0.2) is 23.0 Å². The van der Waals surface area contributed by atoms with Gasteiger partial charge in [-0.05, 0) is 56.7 Å². The third-order valence-corrected chi connectivity index (χ3v) is 4.06. The quantitative estimate of drug-likeness (QED) is 0.622. The molecular formula is C21H25F2NO5. The lowest BCUT2D eigenvalue weighted by Crippen LogP contribution is -2.26. The molecule has 29 heavy (non-hydrogen) atoms. The Morgan fingerprint density at radius 3 is 2.24 bits per heavy atom. The molecule has 2 aromatic rings. The Hall–Kier alpha value is -3.03. The summed E-state index contributed by atoms with van der Waals surface area (Å²) in [4.78, 5) is 12.6. The van der Waals surface area contributed by atoms with Crippen LogP contribution in [0.5, 0.6) is 23.0 Å². The molecule has 0 fully saturated rings. The summed E-state index contributed by atoms with van der Waals surface area (Å²) in [5.74, 6) is 0.682. The second-order valence-corrected chi connectivity index (χ2v) is 6.01. The van der Waals surface area contributed by atoms with Crippen molar-refractivity contribution in [1.29, 1.82) is 0 Å². The van der Waals surface area contributed by atoms with Crippen molar-refractivity contribution in [3.8, 4) is 23.0 Å². The second-order valence-electron chi connectivity index (χ2n) is 6.01. The maximum absolute atomic E-state index is 12.6. The predicted octanol–water partition coefficient (Wildman–Crippen LogP) is 4.59. The van der Waals surface area contributed by atoms with E-state index in [1.807, 2.05) is 26.8 Å². The Labute approximate surface area is 168 Å². The fraction of sp³-hybridized carbons (Fsp3) is 0.381. The summed E-state index contributed by atoms with van der Waals surface area (Å²) in [7, 11) is 1.33.